The van der Waals surface area contributed by atoms with E-state index in [0.29, 0.717) is 5.71 Å². The van der Waals surface area contributed by atoms with Gasteiger partial charge in [0, 0.05) is 48.3 Å². The van der Waals surface area contributed by atoms with Gasteiger partial charge in [-0.25, -0.2) is 4.98 Å². The minimum absolute atomic E-state index is 0. The van der Waals surface area contributed by atoms with Gasteiger partial charge in [0.25, 0.3) is 0 Å². The van der Waals surface area contributed by atoms with E-state index < -0.39 is 0 Å². The van der Waals surface area contributed by atoms with E-state index in [1.54, 1.807) is 11.3 Å². The Kier molecular flexibility index (Phi) is 8.45. The Hall–Kier alpha value is -3.64. The molecule has 1 N–H and O–H groups in total. The molecule has 7 heteroatoms. The summed E-state index contributed by atoms with van der Waals surface area (Å²) in [5.74, 6) is -0.0625. The molecule has 6 rings (SSSR count). The third-order valence-corrected chi connectivity index (χ3v) is 7.15. The van der Waals surface area contributed by atoms with E-state index in [2.05, 4.69) is 61.3 Å². The fourth-order valence-electron chi connectivity index (χ4n) is 4.54. The molecule has 6 aromatic rings. The van der Waals surface area contributed by atoms with Crippen LogP contribution in [0.25, 0.3) is 53.9 Å². The molecule has 0 spiro atoms. The minimum Gasteiger partial charge on any atom is -0.512 e. The van der Waals surface area contributed by atoms with Gasteiger partial charge in [0.05, 0.1) is 16.0 Å². The van der Waals surface area contributed by atoms with Gasteiger partial charge in [-0.15, -0.1) is 29.5 Å². The topological polar surface area (TPSA) is 76.2 Å². The number of allylic oxidation sites excluding steroid dienone is 2. The van der Waals surface area contributed by atoms with Crippen molar-refractivity contribution in [2.75, 3.05) is 0 Å². The normalized spacial score (nSPS) is 11.4. The molecule has 2 aromatic carbocycles. The largest absolute Gasteiger partial charge is 0.512 e. The molecular weight excluding hydrogens is 685 g/mol. The van der Waals surface area contributed by atoms with E-state index in [4.69, 9.17) is 14.5 Å². The summed E-state index contributed by atoms with van der Waals surface area (Å²) < 4.78 is 7.33. The van der Waals surface area contributed by atoms with Crippen molar-refractivity contribution in [2.45, 2.75) is 34.6 Å². The van der Waals surface area contributed by atoms with Crippen LogP contribution in [-0.2, 0) is 24.9 Å². The van der Waals surface area contributed by atoms with Crippen LogP contribution in [0.15, 0.2) is 77.0 Å². The van der Waals surface area contributed by atoms with Crippen LogP contribution in [0, 0.1) is 26.8 Å². The molecule has 0 aliphatic carbocycles. The summed E-state index contributed by atoms with van der Waals surface area (Å²) in [5, 5.41) is 11.6. The van der Waals surface area contributed by atoms with Crippen molar-refractivity contribution >= 4 is 49.3 Å². The van der Waals surface area contributed by atoms with Crippen molar-refractivity contribution in [3.05, 3.63) is 95.5 Å². The van der Waals surface area contributed by atoms with Crippen molar-refractivity contribution in [3.8, 4) is 21.7 Å². The van der Waals surface area contributed by atoms with E-state index in [1.807, 2.05) is 31.3 Å². The molecule has 0 aliphatic rings. The van der Waals surface area contributed by atoms with Crippen molar-refractivity contribution in [2.24, 2.45) is 0 Å². The molecule has 0 unspecified atom stereocenters. The first-order valence-corrected chi connectivity index (χ1v) is 13.1. The van der Waals surface area contributed by atoms with Crippen molar-refractivity contribution in [1.82, 2.24) is 9.97 Å². The number of hydrogen-bond donors (Lipinski definition) is 1. The molecule has 1 radical (unpaired) electrons. The second-order valence-electron chi connectivity index (χ2n) is 9.49. The number of aliphatic hydroxyl groups is 1. The van der Waals surface area contributed by atoms with Gasteiger partial charge in [0.2, 0.25) is 5.71 Å². The molecule has 0 bridgehead atoms. The van der Waals surface area contributed by atoms with Gasteiger partial charge in [-0.3, -0.25) is 4.79 Å². The molecule has 0 saturated carbocycles. The third kappa shape index (κ3) is 6.17. The number of nitrogens with zero attached hydrogens (tertiary/aromatic N) is 2. The number of rotatable bonds is 3. The number of aryl methyl sites for hydroxylation is 3. The van der Waals surface area contributed by atoms with E-state index in [9.17, 15) is 4.79 Å². The van der Waals surface area contributed by atoms with Gasteiger partial charge in [0.1, 0.15) is 0 Å². The standard InChI is InChI=1S/C27H19N2OS.C5H8O2.Ir/c1-15-9-16(2)11-18(10-15)24-13-19-12-23(28-14-25(19)31-24)22-6-4-5-20-21-8-7-17(3)29-27(21)30-26(20)22;1-4(6)3-5(2)7;/h4-5,7-14H,1-3H3;3,6H,1-2H3;/q-1;;/b;4-3-;. The maximum atomic E-state index is 10.0. The summed E-state index contributed by atoms with van der Waals surface area (Å²) in [6.07, 6.45) is 3.12. The average Bonchev–Trinajstić information content (AvgIpc) is 3.43. The van der Waals surface area contributed by atoms with Crippen LogP contribution in [0.5, 0.6) is 0 Å². The predicted molar refractivity (Wildman–Crippen MR) is 156 cm³/mol. The number of aliphatic hydroxyl groups excluding tert-OH is 1. The number of pyridine rings is 2. The molecular formula is C32H27IrN2O3S-. The Morgan fingerprint density at radius 3 is 2.41 bits per heavy atom. The van der Waals surface area contributed by atoms with Crippen molar-refractivity contribution in [1.29, 1.82) is 0 Å². The van der Waals surface area contributed by atoms with Gasteiger partial charge in [-0.05, 0) is 69.5 Å². The molecule has 0 fully saturated rings. The van der Waals surface area contributed by atoms with Gasteiger partial charge < -0.3 is 14.5 Å². The number of ketones is 1. The monoisotopic (exact) mass is 712 g/mol. The first kappa shape index (κ1) is 28.4. The molecule has 199 valence electrons. The fourth-order valence-corrected chi connectivity index (χ4v) is 5.54. The van der Waals surface area contributed by atoms with Crippen molar-refractivity contribution in [3.63, 3.8) is 0 Å². The summed E-state index contributed by atoms with van der Waals surface area (Å²) in [5.41, 5.74) is 7.92. The Bertz CT molecular complexity index is 1840. The summed E-state index contributed by atoms with van der Waals surface area (Å²) in [6.45, 7) is 9.10. The summed E-state index contributed by atoms with van der Waals surface area (Å²) in [6, 6.07) is 22.5. The molecule has 4 heterocycles. The van der Waals surface area contributed by atoms with Gasteiger partial charge in [-0.2, -0.15) is 0 Å². The third-order valence-electron chi connectivity index (χ3n) is 6.02. The van der Waals surface area contributed by atoms with Crippen molar-refractivity contribution < 1.29 is 34.4 Å². The quantitative estimate of drug-likeness (QED) is 0.113. The zero-order valence-corrected chi connectivity index (χ0v) is 25.5. The number of benzene rings is 2. The van der Waals surface area contributed by atoms with E-state index in [-0.39, 0.29) is 31.6 Å². The van der Waals surface area contributed by atoms with E-state index >= 15 is 0 Å². The van der Waals surface area contributed by atoms with Crippen LogP contribution in [0.4, 0.5) is 0 Å². The second-order valence-corrected chi connectivity index (χ2v) is 10.6. The van der Waals surface area contributed by atoms with Crippen LogP contribution in [0.2, 0.25) is 0 Å². The van der Waals surface area contributed by atoms with Gasteiger partial charge >= 0.3 is 0 Å². The number of hydrogen-bond acceptors (Lipinski definition) is 6. The maximum absolute atomic E-state index is 10.0. The molecule has 0 saturated heterocycles. The Labute approximate surface area is 244 Å². The Balaban J connectivity index is 0.000000394. The first-order valence-electron chi connectivity index (χ1n) is 12.2. The van der Waals surface area contributed by atoms with Gasteiger partial charge in [0.15, 0.2) is 5.78 Å². The number of furan rings is 1. The van der Waals surface area contributed by atoms with E-state index in [1.165, 1.54) is 51.6 Å². The fraction of sp³-hybridized carbons (Fsp3) is 0.156. The second kappa shape index (κ2) is 11.6. The molecule has 0 aliphatic heterocycles. The van der Waals surface area contributed by atoms with Gasteiger partial charge in [-0.1, -0.05) is 46.3 Å². The van der Waals surface area contributed by atoms with Crippen LogP contribution >= 0.6 is 11.3 Å². The summed E-state index contributed by atoms with van der Waals surface area (Å²) >= 11 is 1.77. The SMILES string of the molecule is CC(=O)/C=C(/C)O.Cc1cc(C)cc(-c2cc3cc(-c4[c-]ccc5c4oc4nc(C)ccc45)ncc3s2)c1.[Ir]. The predicted octanol–water partition coefficient (Wildman–Crippen LogP) is 8.68. The smallest absolute Gasteiger partial charge is 0.216 e. The molecule has 4 aromatic heterocycles. The maximum Gasteiger partial charge on any atom is 0.216 e. The minimum atomic E-state index is -0.125. The Morgan fingerprint density at radius 2 is 1.74 bits per heavy atom. The van der Waals surface area contributed by atoms with E-state index in [0.717, 1.165) is 33.3 Å². The van der Waals surface area contributed by atoms with Crippen LogP contribution in [0.3, 0.4) is 0 Å². The number of carbonyl (C=O) groups is 1. The molecule has 39 heavy (non-hydrogen) atoms. The summed E-state index contributed by atoms with van der Waals surface area (Å²) in [4.78, 5) is 20.6. The number of thiophene rings is 1. The summed E-state index contributed by atoms with van der Waals surface area (Å²) in [7, 11) is 0. The number of carbonyl (C=O) groups excluding carboxylic acids is 1. The van der Waals surface area contributed by atoms with Crippen LogP contribution in [0.1, 0.15) is 30.7 Å². The molecule has 0 atom stereocenters. The first-order chi connectivity index (χ1) is 18.2. The number of fused-ring (bicyclic) bond motifs is 4. The number of aromatic nitrogens is 2. The Morgan fingerprint density at radius 1 is 1.00 bits per heavy atom. The zero-order valence-electron chi connectivity index (χ0n) is 22.3. The molecule has 5 nitrogen and oxygen atoms in total. The van der Waals surface area contributed by atoms with Crippen LogP contribution < -0.4 is 0 Å². The zero-order chi connectivity index (χ0) is 27.0. The molecule has 0 amide bonds. The average molecular weight is 712 g/mol. The van der Waals surface area contributed by atoms with Crippen LogP contribution in [-0.4, -0.2) is 20.9 Å².